The van der Waals surface area contributed by atoms with E-state index in [9.17, 15) is 34.2 Å². The Labute approximate surface area is 212 Å². The lowest BCUT2D eigenvalue weighted by molar-refractivity contribution is -0.142. The van der Waals surface area contributed by atoms with Crippen molar-refractivity contribution in [2.45, 2.75) is 43.4 Å². The van der Waals surface area contributed by atoms with Crippen LogP contribution in [0.5, 0.6) is 5.75 Å². The minimum absolute atomic E-state index is 0.00327. The van der Waals surface area contributed by atoms with Gasteiger partial charge in [0.15, 0.2) is 0 Å². The number of rotatable bonds is 15. The molecule has 35 heavy (non-hydrogen) atoms. The van der Waals surface area contributed by atoms with Gasteiger partial charge in [-0.1, -0.05) is 12.1 Å². The Bertz CT molecular complexity index is 901. The van der Waals surface area contributed by atoms with Crippen molar-refractivity contribution in [1.29, 1.82) is 0 Å². The fraction of sp³-hybridized carbons (Fsp3) is 0.476. The van der Waals surface area contributed by atoms with Gasteiger partial charge in [-0.3, -0.25) is 19.2 Å². The SMILES string of the molecule is CSCCC(NC(=O)C(CC(N)=O)NC(=O)C(Cc1ccc(O)cc1)NC(=O)C(N)CS)C(=O)O. The average Bonchev–Trinajstić information content (AvgIpc) is 2.80. The number of nitrogens with one attached hydrogen (secondary N) is 3. The van der Waals surface area contributed by atoms with Crippen molar-refractivity contribution in [3.05, 3.63) is 29.8 Å². The first kappa shape index (κ1) is 30.1. The Kier molecular flexibility index (Phi) is 13.0. The quantitative estimate of drug-likeness (QED) is 0.122. The van der Waals surface area contributed by atoms with Crippen molar-refractivity contribution < 1.29 is 34.2 Å². The summed E-state index contributed by atoms with van der Waals surface area (Å²) >= 11 is 5.35. The number of carboxylic acid groups (broad SMARTS) is 1. The molecule has 0 saturated heterocycles. The second-order valence-corrected chi connectivity index (χ2v) is 8.98. The van der Waals surface area contributed by atoms with E-state index in [0.717, 1.165) is 0 Å². The first-order chi connectivity index (χ1) is 16.5. The number of primary amides is 1. The Morgan fingerprint density at radius 3 is 2.03 bits per heavy atom. The number of phenolic OH excluding ortho intramolecular Hbond substituents is 1. The number of hydrogen-bond donors (Lipinski definition) is 8. The van der Waals surface area contributed by atoms with E-state index in [1.165, 1.54) is 36.0 Å². The highest BCUT2D eigenvalue weighted by molar-refractivity contribution is 7.98. The molecule has 4 atom stereocenters. The molecule has 0 saturated carbocycles. The number of aliphatic carboxylic acids is 1. The van der Waals surface area contributed by atoms with Crippen molar-refractivity contribution in [2.24, 2.45) is 11.5 Å². The summed E-state index contributed by atoms with van der Waals surface area (Å²) in [6.45, 7) is 0. The molecule has 0 heterocycles. The second-order valence-electron chi connectivity index (χ2n) is 7.63. The topological polar surface area (TPSA) is 214 Å². The van der Waals surface area contributed by atoms with Gasteiger partial charge in [0.2, 0.25) is 23.6 Å². The molecule has 1 rings (SSSR count). The highest BCUT2D eigenvalue weighted by Gasteiger charge is 2.31. The molecule has 0 aliphatic heterocycles. The Morgan fingerprint density at radius 2 is 1.51 bits per heavy atom. The van der Waals surface area contributed by atoms with Crippen LogP contribution in [-0.2, 0) is 30.4 Å². The van der Waals surface area contributed by atoms with Crippen LogP contribution in [0.2, 0.25) is 0 Å². The maximum atomic E-state index is 13.1. The summed E-state index contributed by atoms with van der Waals surface area (Å²) in [6, 6.07) is 0.940. The number of nitrogens with two attached hydrogens (primary N) is 2. The van der Waals surface area contributed by atoms with Gasteiger partial charge in [-0.15, -0.1) is 0 Å². The second kappa shape index (κ2) is 15.1. The Balaban J connectivity index is 3.09. The number of amides is 4. The Hall–Kier alpha value is -2.97. The van der Waals surface area contributed by atoms with Crippen LogP contribution in [0.1, 0.15) is 18.4 Å². The number of phenols is 1. The minimum Gasteiger partial charge on any atom is -0.508 e. The van der Waals surface area contributed by atoms with Gasteiger partial charge in [0.1, 0.15) is 23.9 Å². The van der Waals surface area contributed by atoms with Crippen LogP contribution in [0.15, 0.2) is 24.3 Å². The monoisotopic (exact) mass is 529 g/mol. The van der Waals surface area contributed by atoms with E-state index in [-0.39, 0.29) is 24.3 Å². The molecule has 9 N–H and O–H groups in total. The first-order valence-electron chi connectivity index (χ1n) is 10.5. The van der Waals surface area contributed by atoms with Gasteiger partial charge in [-0.05, 0) is 36.1 Å². The average molecular weight is 530 g/mol. The first-order valence-corrected chi connectivity index (χ1v) is 12.6. The third-order valence-corrected chi connectivity index (χ3v) is 5.84. The molecule has 4 unspecified atom stereocenters. The molecule has 1 aromatic rings. The molecule has 0 aliphatic carbocycles. The zero-order chi connectivity index (χ0) is 26.5. The van der Waals surface area contributed by atoms with Crippen molar-refractivity contribution in [3.8, 4) is 5.75 Å². The van der Waals surface area contributed by atoms with Crippen LogP contribution in [-0.4, -0.2) is 81.7 Å². The molecule has 4 amide bonds. The van der Waals surface area contributed by atoms with Crippen LogP contribution < -0.4 is 27.4 Å². The van der Waals surface area contributed by atoms with Crippen LogP contribution in [0.25, 0.3) is 0 Å². The van der Waals surface area contributed by atoms with Gasteiger partial charge in [-0.25, -0.2) is 4.79 Å². The molecule has 0 aliphatic rings. The van der Waals surface area contributed by atoms with E-state index in [2.05, 4.69) is 28.6 Å². The lowest BCUT2D eigenvalue weighted by Gasteiger charge is -2.24. The van der Waals surface area contributed by atoms with Gasteiger partial charge in [0.05, 0.1) is 12.5 Å². The van der Waals surface area contributed by atoms with Gasteiger partial charge >= 0.3 is 5.97 Å². The molecule has 1 aromatic carbocycles. The lowest BCUT2D eigenvalue weighted by atomic mass is 10.0. The van der Waals surface area contributed by atoms with Crippen LogP contribution in [0.3, 0.4) is 0 Å². The molecule has 14 heteroatoms. The zero-order valence-corrected chi connectivity index (χ0v) is 20.8. The number of benzene rings is 1. The zero-order valence-electron chi connectivity index (χ0n) is 19.1. The molecule has 0 bridgehead atoms. The molecule has 0 fully saturated rings. The maximum Gasteiger partial charge on any atom is 0.326 e. The van der Waals surface area contributed by atoms with Gasteiger partial charge in [0.25, 0.3) is 0 Å². The van der Waals surface area contributed by atoms with Gasteiger partial charge < -0.3 is 37.6 Å². The number of hydrogen-bond acceptors (Lipinski definition) is 9. The van der Waals surface area contributed by atoms with Crippen molar-refractivity contribution in [1.82, 2.24) is 16.0 Å². The summed E-state index contributed by atoms with van der Waals surface area (Å²) in [7, 11) is 0. The molecule has 0 spiro atoms. The molecule has 0 radical (unpaired) electrons. The highest BCUT2D eigenvalue weighted by Crippen LogP contribution is 2.12. The van der Waals surface area contributed by atoms with Crippen molar-refractivity contribution in [3.63, 3.8) is 0 Å². The summed E-state index contributed by atoms with van der Waals surface area (Å²) < 4.78 is 0. The highest BCUT2D eigenvalue weighted by atomic mass is 32.2. The predicted octanol–water partition coefficient (Wildman–Crippen LogP) is -1.64. The van der Waals surface area contributed by atoms with Crippen LogP contribution >= 0.6 is 24.4 Å². The largest absolute Gasteiger partial charge is 0.508 e. The number of carbonyl (C=O) groups excluding carboxylic acids is 4. The summed E-state index contributed by atoms with van der Waals surface area (Å²) in [4.78, 5) is 61.1. The summed E-state index contributed by atoms with van der Waals surface area (Å²) in [5.41, 5.74) is 11.5. The standard InChI is InChI=1S/C21H31N5O7S2/c1-35-7-6-14(21(32)33)24-20(31)16(9-17(23)28)26-19(30)15(25-18(29)13(22)10-34)8-11-2-4-12(27)5-3-11/h2-5,13-16,27,34H,6-10,22H2,1H3,(H2,23,28)(H,24,31)(H,25,29)(H,26,30)(H,32,33). The van der Waals surface area contributed by atoms with Crippen LogP contribution in [0, 0.1) is 0 Å². The van der Waals surface area contributed by atoms with Gasteiger partial charge in [0, 0.05) is 12.2 Å². The van der Waals surface area contributed by atoms with E-state index in [1.807, 2.05) is 0 Å². The Morgan fingerprint density at radius 1 is 0.971 bits per heavy atom. The third kappa shape index (κ3) is 10.9. The summed E-state index contributed by atoms with van der Waals surface area (Å²) in [6.07, 6.45) is 1.27. The van der Waals surface area contributed by atoms with E-state index >= 15 is 0 Å². The predicted molar refractivity (Wildman–Crippen MR) is 134 cm³/mol. The van der Waals surface area contributed by atoms with E-state index in [0.29, 0.717) is 11.3 Å². The molecule has 0 aromatic heterocycles. The van der Waals surface area contributed by atoms with Crippen LogP contribution in [0.4, 0.5) is 0 Å². The number of carbonyl (C=O) groups is 5. The molecule has 12 nitrogen and oxygen atoms in total. The smallest absolute Gasteiger partial charge is 0.326 e. The number of aromatic hydroxyl groups is 1. The fourth-order valence-corrected chi connectivity index (χ4v) is 3.52. The number of carboxylic acids is 1. The number of thioether (sulfide) groups is 1. The minimum atomic E-state index is -1.48. The molecular formula is C21H31N5O7S2. The third-order valence-electron chi connectivity index (χ3n) is 4.81. The van der Waals surface area contributed by atoms with E-state index < -0.39 is 60.2 Å². The molecule has 194 valence electrons. The number of thiol groups is 1. The van der Waals surface area contributed by atoms with E-state index in [4.69, 9.17) is 11.5 Å². The van der Waals surface area contributed by atoms with Gasteiger partial charge in [-0.2, -0.15) is 24.4 Å². The van der Waals surface area contributed by atoms with E-state index in [1.54, 1.807) is 6.26 Å². The molecular weight excluding hydrogens is 498 g/mol. The normalized spacial score (nSPS) is 14.1. The van der Waals surface area contributed by atoms with Crippen molar-refractivity contribution in [2.75, 3.05) is 17.8 Å². The lowest BCUT2D eigenvalue weighted by Crippen LogP contribution is -2.58. The summed E-state index contributed by atoms with van der Waals surface area (Å²) in [5.74, 6) is -4.11. The van der Waals surface area contributed by atoms with Crippen molar-refractivity contribution >= 4 is 54.0 Å². The maximum absolute atomic E-state index is 13.1. The fourth-order valence-electron chi connectivity index (χ4n) is 2.89. The summed E-state index contributed by atoms with van der Waals surface area (Å²) in [5, 5.41) is 26.0.